The summed E-state index contributed by atoms with van der Waals surface area (Å²) in [6, 6.07) is 15.0. The molecule has 34 heavy (non-hydrogen) atoms. The number of aryl methyl sites for hydroxylation is 1. The smallest absolute Gasteiger partial charge is 0.320 e. The SMILES string of the molecule is N#CC[C@@]1(NC(=O)Nc2c3c(nn2-c2ccccc2)CCC3)CNC[C@H]1c1ccc(F)c(F)c1. The van der Waals surface area contributed by atoms with Gasteiger partial charge in [-0.05, 0) is 49.1 Å². The third kappa shape index (κ3) is 3.90. The molecule has 0 spiro atoms. The van der Waals surface area contributed by atoms with Gasteiger partial charge in [0.2, 0.25) is 0 Å². The summed E-state index contributed by atoms with van der Waals surface area (Å²) in [6.45, 7) is 0.748. The molecule has 1 fully saturated rings. The molecule has 2 aliphatic rings. The van der Waals surface area contributed by atoms with Crippen molar-refractivity contribution in [3.63, 3.8) is 0 Å². The van der Waals surface area contributed by atoms with Gasteiger partial charge in [0.25, 0.3) is 0 Å². The molecule has 0 radical (unpaired) electrons. The van der Waals surface area contributed by atoms with Crippen molar-refractivity contribution in [3.05, 3.63) is 77.0 Å². The zero-order chi connectivity index (χ0) is 23.7. The molecular weight excluding hydrogens is 438 g/mol. The van der Waals surface area contributed by atoms with E-state index in [4.69, 9.17) is 5.10 Å². The van der Waals surface area contributed by atoms with Gasteiger partial charge < -0.3 is 10.6 Å². The molecule has 1 aromatic heterocycles. The first-order chi connectivity index (χ1) is 16.5. The highest BCUT2D eigenvalue weighted by atomic mass is 19.2. The first-order valence-electron chi connectivity index (χ1n) is 11.3. The van der Waals surface area contributed by atoms with E-state index in [2.05, 4.69) is 22.0 Å². The maximum atomic E-state index is 13.9. The van der Waals surface area contributed by atoms with Crippen LogP contribution < -0.4 is 16.0 Å². The summed E-state index contributed by atoms with van der Waals surface area (Å²) < 4.78 is 29.2. The van der Waals surface area contributed by atoms with Crippen molar-refractivity contribution in [2.75, 3.05) is 18.4 Å². The van der Waals surface area contributed by atoms with Gasteiger partial charge in [0.1, 0.15) is 5.82 Å². The Labute approximate surface area is 195 Å². The van der Waals surface area contributed by atoms with Crippen LogP contribution in [0.15, 0.2) is 48.5 Å². The predicted octanol–water partition coefficient (Wildman–Crippen LogP) is 3.80. The second-order valence-corrected chi connectivity index (χ2v) is 8.80. The second-order valence-electron chi connectivity index (χ2n) is 8.80. The summed E-state index contributed by atoms with van der Waals surface area (Å²) in [5.41, 5.74) is 2.35. The van der Waals surface area contributed by atoms with E-state index in [0.717, 1.165) is 48.3 Å². The van der Waals surface area contributed by atoms with E-state index in [0.29, 0.717) is 24.5 Å². The minimum atomic E-state index is -0.982. The number of hydrogen-bond acceptors (Lipinski definition) is 4. The molecule has 2 amide bonds. The summed E-state index contributed by atoms with van der Waals surface area (Å²) in [6.07, 6.45) is 2.66. The van der Waals surface area contributed by atoms with Crippen molar-refractivity contribution in [1.29, 1.82) is 5.26 Å². The quantitative estimate of drug-likeness (QED) is 0.538. The van der Waals surface area contributed by atoms with Gasteiger partial charge in [0.15, 0.2) is 11.6 Å². The number of aromatic nitrogens is 2. The number of anilines is 1. The Balaban J connectivity index is 1.44. The Morgan fingerprint density at radius 2 is 2.03 bits per heavy atom. The number of nitrogens with zero attached hydrogens (tertiary/aromatic N) is 3. The van der Waals surface area contributed by atoms with E-state index >= 15 is 0 Å². The van der Waals surface area contributed by atoms with E-state index in [1.807, 2.05) is 30.3 Å². The number of amides is 2. The van der Waals surface area contributed by atoms with Crippen LogP contribution in [-0.2, 0) is 12.8 Å². The van der Waals surface area contributed by atoms with E-state index in [1.165, 1.54) is 6.07 Å². The molecular formula is C25H24F2N6O. The highest BCUT2D eigenvalue weighted by molar-refractivity contribution is 5.90. The molecule has 0 unspecified atom stereocenters. The van der Waals surface area contributed by atoms with E-state index in [-0.39, 0.29) is 6.42 Å². The van der Waals surface area contributed by atoms with Gasteiger partial charge in [-0.15, -0.1) is 0 Å². The number of carbonyl (C=O) groups is 1. The van der Waals surface area contributed by atoms with E-state index < -0.39 is 29.1 Å². The summed E-state index contributed by atoms with van der Waals surface area (Å²) in [5, 5.41) is 23.4. The van der Waals surface area contributed by atoms with Gasteiger partial charge in [-0.2, -0.15) is 10.4 Å². The number of halogens is 2. The van der Waals surface area contributed by atoms with Crippen LogP contribution in [0.1, 0.15) is 35.6 Å². The lowest BCUT2D eigenvalue weighted by Crippen LogP contribution is -2.54. The number of nitrogens with one attached hydrogen (secondary N) is 3. The summed E-state index contributed by atoms with van der Waals surface area (Å²) in [5.74, 6) is -1.69. The number of para-hydroxylation sites is 1. The third-order valence-corrected chi connectivity index (χ3v) is 6.70. The van der Waals surface area contributed by atoms with Crippen molar-refractivity contribution in [3.8, 4) is 11.8 Å². The van der Waals surface area contributed by atoms with Crippen molar-refractivity contribution in [2.45, 2.75) is 37.1 Å². The molecule has 2 atom stereocenters. The molecule has 1 aliphatic heterocycles. The van der Waals surface area contributed by atoms with Gasteiger partial charge in [0.05, 0.1) is 29.4 Å². The lowest BCUT2D eigenvalue weighted by molar-refractivity contribution is 0.235. The molecule has 2 aromatic carbocycles. The fraction of sp³-hybridized carbons (Fsp3) is 0.320. The van der Waals surface area contributed by atoms with Crippen LogP contribution in [0.3, 0.4) is 0 Å². The molecule has 3 aromatic rings. The molecule has 1 saturated heterocycles. The zero-order valence-electron chi connectivity index (χ0n) is 18.4. The Hall–Kier alpha value is -3.77. The number of carbonyl (C=O) groups excluding carboxylic acids is 1. The standard InChI is InChI=1S/C25H24F2N6O/c26-20-10-9-16(13-21(20)27)19-14-29-15-25(19,11-12-28)31-24(34)30-23-18-7-4-8-22(18)32-33(23)17-5-2-1-3-6-17/h1-3,5-6,9-10,13,19,29H,4,7-8,11,14-15H2,(H2,30,31,34)/t19-,25+/m0/s1. The molecule has 174 valence electrons. The Kier molecular flexibility index (Phi) is 5.75. The van der Waals surface area contributed by atoms with Crippen molar-refractivity contribution in [2.24, 2.45) is 0 Å². The number of nitriles is 1. The molecule has 7 nitrogen and oxygen atoms in total. The van der Waals surface area contributed by atoms with Gasteiger partial charge in [-0.3, -0.25) is 5.32 Å². The van der Waals surface area contributed by atoms with E-state index in [9.17, 15) is 18.8 Å². The van der Waals surface area contributed by atoms with Crippen LogP contribution in [0.2, 0.25) is 0 Å². The zero-order valence-corrected chi connectivity index (χ0v) is 18.4. The number of hydrogen-bond donors (Lipinski definition) is 3. The average molecular weight is 463 g/mol. The van der Waals surface area contributed by atoms with Crippen molar-refractivity contribution in [1.82, 2.24) is 20.4 Å². The summed E-state index contributed by atoms with van der Waals surface area (Å²) >= 11 is 0. The topological polar surface area (TPSA) is 94.8 Å². The second kappa shape index (κ2) is 8.88. The first-order valence-corrected chi connectivity index (χ1v) is 11.3. The highest BCUT2D eigenvalue weighted by Crippen LogP contribution is 2.36. The van der Waals surface area contributed by atoms with Crippen LogP contribution in [0, 0.1) is 23.0 Å². The molecule has 0 bridgehead atoms. The molecule has 9 heteroatoms. The fourth-order valence-corrected chi connectivity index (χ4v) is 5.07. The number of benzene rings is 2. The van der Waals surface area contributed by atoms with Crippen LogP contribution in [0.25, 0.3) is 5.69 Å². The van der Waals surface area contributed by atoms with Gasteiger partial charge in [0, 0.05) is 24.6 Å². The van der Waals surface area contributed by atoms with Crippen LogP contribution in [-0.4, -0.2) is 34.4 Å². The van der Waals surface area contributed by atoms with Gasteiger partial charge >= 0.3 is 6.03 Å². The lowest BCUT2D eigenvalue weighted by Gasteiger charge is -2.34. The first kappa shape index (κ1) is 22.0. The predicted molar refractivity (Wildman–Crippen MR) is 123 cm³/mol. The summed E-state index contributed by atoms with van der Waals surface area (Å²) in [7, 11) is 0. The minimum absolute atomic E-state index is 0.00708. The van der Waals surface area contributed by atoms with Gasteiger partial charge in [-0.1, -0.05) is 24.3 Å². The molecule has 3 N–H and O–H groups in total. The van der Waals surface area contributed by atoms with Crippen molar-refractivity contribution < 1.29 is 13.6 Å². The van der Waals surface area contributed by atoms with Crippen LogP contribution in [0.5, 0.6) is 0 Å². The number of urea groups is 1. The Morgan fingerprint density at radius 1 is 1.21 bits per heavy atom. The normalized spacial score (nSPS) is 21.1. The van der Waals surface area contributed by atoms with E-state index in [1.54, 1.807) is 4.68 Å². The molecule has 0 saturated carbocycles. The highest BCUT2D eigenvalue weighted by Gasteiger charge is 2.45. The van der Waals surface area contributed by atoms with Gasteiger partial charge in [-0.25, -0.2) is 18.3 Å². The largest absolute Gasteiger partial charge is 0.329 e. The maximum absolute atomic E-state index is 13.9. The fourth-order valence-electron chi connectivity index (χ4n) is 5.07. The maximum Gasteiger partial charge on any atom is 0.320 e. The minimum Gasteiger partial charge on any atom is -0.329 e. The molecule has 5 rings (SSSR count). The Morgan fingerprint density at radius 3 is 2.79 bits per heavy atom. The number of rotatable bonds is 5. The Bertz CT molecular complexity index is 1270. The average Bonchev–Trinajstić information content (AvgIpc) is 3.53. The monoisotopic (exact) mass is 462 g/mol. The molecule has 2 heterocycles. The third-order valence-electron chi connectivity index (χ3n) is 6.70. The van der Waals surface area contributed by atoms with Crippen molar-refractivity contribution >= 4 is 11.8 Å². The number of fused-ring (bicyclic) bond motifs is 1. The van der Waals surface area contributed by atoms with Crippen LogP contribution in [0.4, 0.5) is 19.4 Å². The van der Waals surface area contributed by atoms with Crippen LogP contribution >= 0.6 is 0 Å². The lowest BCUT2D eigenvalue weighted by atomic mass is 9.80. The molecule has 1 aliphatic carbocycles. The summed E-state index contributed by atoms with van der Waals surface area (Å²) in [4.78, 5) is 13.3.